The van der Waals surface area contributed by atoms with Gasteiger partial charge in [0.05, 0.1) is 0 Å². The highest BCUT2D eigenvalue weighted by molar-refractivity contribution is 7.00. The van der Waals surface area contributed by atoms with E-state index in [4.69, 9.17) is 0 Å². The van der Waals surface area contributed by atoms with Crippen LogP contribution in [0.15, 0.2) is 128 Å². The highest BCUT2D eigenvalue weighted by atomic mass is 15.2. The van der Waals surface area contributed by atoms with Crippen LogP contribution in [0.3, 0.4) is 0 Å². The summed E-state index contributed by atoms with van der Waals surface area (Å²) in [4.78, 5) is 5.07. The van der Waals surface area contributed by atoms with E-state index in [1.165, 1.54) is 93.8 Å². The van der Waals surface area contributed by atoms with Crippen LogP contribution < -0.4 is 26.2 Å². The average molecular weight is 542 g/mol. The summed E-state index contributed by atoms with van der Waals surface area (Å²) in [7, 11) is 0. The Morgan fingerprint density at radius 3 is 1.95 bits per heavy atom. The minimum Gasteiger partial charge on any atom is -0.311 e. The van der Waals surface area contributed by atoms with Crippen molar-refractivity contribution in [3.05, 3.63) is 133 Å². The molecule has 0 atom stereocenters. The minimum absolute atomic E-state index is 0.154. The number of nitrogens with zero attached hydrogens (tertiary/aromatic N) is 3. The molecular weight excluding hydrogens is 509 g/mol. The van der Waals surface area contributed by atoms with Crippen molar-refractivity contribution in [2.24, 2.45) is 0 Å². The first kappa shape index (κ1) is 24.0. The van der Waals surface area contributed by atoms with E-state index in [2.05, 4.69) is 142 Å². The number of rotatable bonds is 3. The number of hydrogen-bond donors (Lipinski definition) is 0. The van der Waals surface area contributed by atoms with Crippen molar-refractivity contribution < 1.29 is 0 Å². The third kappa shape index (κ3) is 3.48. The molecule has 9 rings (SSSR count). The number of hydrogen-bond acceptors (Lipinski definition) is 2. The molecule has 4 heteroatoms. The van der Waals surface area contributed by atoms with Crippen molar-refractivity contribution in [3.8, 4) is 0 Å². The molecule has 0 N–H and O–H groups in total. The molecule has 1 fully saturated rings. The SMILES string of the molecule is c1ccc(N2c3ccccc3B3c4cc5ccccn5c4N(c4ccccc4)c4cc(C5CCCCC5)cc2c43)cc1. The maximum atomic E-state index is 2.55. The lowest BCUT2D eigenvalue weighted by molar-refractivity contribution is 0.444. The van der Waals surface area contributed by atoms with E-state index in [1.807, 2.05) is 0 Å². The van der Waals surface area contributed by atoms with E-state index in [0.29, 0.717) is 5.92 Å². The number of benzene rings is 4. The zero-order chi connectivity index (χ0) is 27.6. The summed E-state index contributed by atoms with van der Waals surface area (Å²) in [5.41, 5.74) is 13.2. The molecule has 2 aromatic heterocycles. The predicted octanol–water partition coefficient (Wildman–Crippen LogP) is 8.07. The van der Waals surface area contributed by atoms with Gasteiger partial charge in [0.2, 0.25) is 0 Å². The van der Waals surface area contributed by atoms with Crippen LogP contribution in [-0.2, 0) is 0 Å². The van der Waals surface area contributed by atoms with Crippen molar-refractivity contribution in [3.63, 3.8) is 0 Å². The molecule has 3 nitrogen and oxygen atoms in total. The summed E-state index contributed by atoms with van der Waals surface area (Å²) in [6, 6.07) is 45.1. The smallest absolute Gasteiger partial charge is 0.254 e. The monoisotopic (exact) mass is 541 g/mol. The van der Waals surface area contributed by atoms with Gasteiger partial charge in [-0.3, -0.25) is 4.90 Å². The molecule has 6 aromatic rings. The third-order valence-corrected chi connectivity index (χ3v) is 9.73. The van der Waals surface area contributed by atoms with Gasteiger partial charge in [0.25, 0.3) is 6.71 Å². The largest absolute Gasteiger partial charge is 0.311 e. The van der Waals surface area contributed by atoms with E-state index in [-0.39, 0.29) is 6.71 Å². The number of aromatic nitrogens is 1. The first-order chi connectivity index (χ1) is 20.9. The van der Waals surface area contributed by atoms with Gasteiger partial charge in [0, 0.05) is 40.2 Å². The minimum atomic E-state index is 0.154. The second-order valence-electron chi connectivity index (χ2n) is 12.1. The van der Waals surface area contributed by atoms with Crippen molar-refractivity contribution in [1.29, 1.82) is 0 Å². The summed E-state index contributed by atoms with van der Waals surface area (Å²) < 4.78 is 2.39. The molecule has 0 bridgehead atoms. The van der Waals surface area contributed by atoms with Crippen LogP contribution in [0.1, 0.15) is 43.6 Å². The molecule has 1 aliphatic carbocycles. The normalized spacial score (nSPS) is 15.9. The van der Waals surface area contributed by atoms with Gasteiger partial charge in [-0.1, -0.05) is 79.9 Å². The lowest BCUT2D eigenvalue weighted by Crippen LogP contribution is -2.61. The number of fused-ring (bicyclic) bond motifs is 6. The molecule has 4 aromatic carbocycles. The maximum Gasteiger partial charge on any atom is 0.254 e. The van der Waals surface area contributed by atoms with Gasteiger partial charge in [-0.15, -0.1) is 0 Å². The van der Waals surface area contributed by atoms with Gasteiger partial charge in [-0.25, -0.2) is 0 Å². The van der Waals surface area contributed by atoms with Crippen LogP contribution in [0.2, 0.25) is 0 Å². The third-order valence-electron chi connectivity index (χ3n) is 9.73. The van der Waals surface area contributed by atoms with Crippen LogP contribution in [0.25, 0.3) is 5.52 Å². The molecule has 0 amide bonds. The highest BCUT2D eigenvalue weighted by Gasteiger charge is 2.45. The Labute approximate surface area is 247 Å². The van der Waals surface area contributed by atoms with Gasteiger partial charge >= 0.3 is 0 Å². The van der Waals surface area contributed by atoms with Gasteiger partial charge < -0.3 is 9.30 Å². The Kier molecular flexibility index (Phi) is 5.37. The van der Waals surface area contributed by atoms with Gasteiger partial charge in [0.1, 0.15) is 5.82 Å². The van der Waals surface area contributed by atoms with E-state index >= 15 is 0 Å². The molecule has 42 heavy (non-hydrogen) atoms. The Bertz CT molecular complexity index is 1940. The quantitative estimate of drug-likeness (QED) is 0.210. The van der Waals surface area contributed by atoms with Crippen molar-refractivity contribution >= 4 is 62.9 Å². The molecule has 2 aliphatic heterocycles. The molecule has 3 aliphatic rings. The number of para-hydroxylation sites is 3. The lowest BCUT2D eigenvalue weighted by atomic mass is 9.34. The maximum absolute atomic E-state index is 2.55. The first-order valence-corrected chi connectivity index (χ1v) is 15.4. The topological polar surface area (TPSA) is 10.9 Å². The van der Waals surface area contributed by atoms with Crippen LogP contribution >= 0.6 is 0 Å². The van der Waals surface area contributed by atoms with Crippen molar-refractivity contribution in [1.82, 2.24) is 4.40 Å². The zero-order valence-corrected chi connectivity index (χ0v) is 23.7. The number of pyridine rings is 1. The molecule has 0 spiro atoms. The predicted molar refractivity (Wildman–Crippen MR) is 177 cm³/mol. The standard InChI is InChI=1S/C38H32BN3/c1-4-14-27(15-5-1)28-24-35-37-36(25-28)42(30-18-8-3-9-19-30)38-33(26-31-20-12-13-23-40(31)38)39(37)32-21-10-11-22-34(32)41(35)29-16-6-2-7-17-29/h2-3,6-13,16-27H,1,4-5,14-15H2. The van der Waals surface area contributed by atoms with Crippen LogP contribution in [0, 0.1) is 0 Å². The molecular formula is C38H32BN3. The fourth-order valence-corrected chi connectivity index (χ4v) is 7.91. The van der Waals surface area contributed by atoms with E-state index in [1.54, 1.807) is 0 Å². The Morgan fingerprint density at radius 2 is 1.19 bits per heavy atom. The second kappa shape index (κ2) is 9.42. The molecule has 0 unspecified atom stereocenters. The highest BCUT2D eigenvalue weighted by Crippen LogP contribution is 2.46. The van der Waals surface area contributed by atoms with Crippen LogP contribution in [0.5, 0.6) is 0 Å². The number of anilines is 6. The van der Waals surface area contributed by atoms with E-state index in [9.17, 15) is 0 Å². The summed E-state index contributed by atoms with van der Waals surface area (Å²) in [6.45, 7) is 0.154. The van der Waals surface area contributed by atoms with E-state index in [0.717, 1.165) is 0 Å². The average Bonchev–Trinajstić information content (AvgIpc) is 3.45. The second-order valence-corrected chi connectivity index (χ2v) is 12.1. The van der Waals surface area contributed by atoms with Crippen molar-refractivity contribution in [2.45, 2.75) is 38.0 Å². The van der Waals surface area contributed by atoms with Gasteiger partial charge in [-0.2, -0.15) is 0 Å². The fraction of sp³-hybridized carbons (Fsp3) is 0.158. The zero-order valence-electron chi connectivity index (χ0n) is 23.7. The molecule has 0 saturated heterocycles. The van der Waals surface area contributed by atoms with Crippen LogP contribution in [-0.4, -0.2) is 11.1 Å². The molecule has 1 saturated carbocycles. The fourth-order valence-electron chi connectivity index (χ4n) is 7.91. The first-order valence-electron chi connectivity index (χ1n) is 15.4. The van der Waals surface area contributed by atoms with Crippen LogP contribution in [0.4, 0.5) is 34.3 Å². The molecule has 4 heterocycles. The van der Waals surface area contributed by atoms with E-state index < -0.39 is 0 Å². The molecule has 0 radical (unpaired) electrons. The summed E-state index contributed by atoms with van der Waals surface area (Å²) >= 11 is 0. The molecule has 202 valence electrons. The summed E-state index contributed by atoms with van der Waals surface area (Å²) in [5, 5.41) is 0. The summed E-state index contributed by atoms with van der Waals surface area (Å²) in [6.07, 6.45) is 8.77. The van der Waals surface area contributed by atoms with Gasteiger partial charge in [-0.05, 0) is 101 Å². The summed E-state index contributed by atoms with van der Waals surface area (Å²) in [5.74, 6) is 1.85. The van der Waals surface area contributed by atoms with Gasteiger partial charge in [0.15, 0.2) is 0 Å². The van der Waals surface area contributed by atoms with Crippen molar-refractivity contribution in [2.75, 3.05) is 9.80 Å². The Balaban J connectivity index is 1.42. The lowest BCUT2D eigenvalue weighted by Gasteiger charge is -2.44. The Hall–Kier alpha value is -4.70. The Morgan fingerprint density at radius 1 is 0.548 bits per heavy atom.